The zero-order chi connectivity index (χ0) is 13.2. The molecular formula is C15H25N3S. The second-order valence-electron chi connectivity index (χ2n) is 5.90. The Bertz CT molecular complexity index is 429. The van der Waals surface area contributed by atoms with Crippen molar-refractivity contribution >= 4 is 11.8 Å². The van der Waals surface area contributed by atoms with Crippen molar-refractivity contribution in [2.24, 2.45) is 7.05 Å². The number of aromatic nitrogens is 2. The van der Waals surface area contributed by atoms with Crippen LogP contribution in [0.3, 0.4) is 0 Å². The first-order valence-corrected chi connectivity index (χ1v) is 8.71. The topological polar surface area (TPSA) is 29.9 Å². The lowest BCUT2D eigenvalue weighted by molar-refractivity contribution is 0.397. The molecule has 0 amide bonds. The van der Waals surface area contributed by atoms with Crippen LogP contribution in [0.4, 0.5) is 0 Å². The van der Waals surface area contributed by atoms with Gasteiger partial charge < -0.3 is 5.32 Å². The van der Waals surface area contributed by atoms with Crippen molar-refractivity contribution in [2.45, 2.75) is 62.8 Å². The first kappa shape index (κ1) is 13.5. The first-order valence-electron chi connectivity index (χ1n) is 7.66. The van der Waals surface area contributed by atoms with Crippen LogP contribution < -0.4 is 5.32 Å². The molecule has 0 unspecified atom stereocenters. The van der Waals surface area contributed by atoms with Gasteiger partial charge >= 0.3 is 0 Å². The first-order chi connectivity index (χ1) is 9.26. The molecular weight excluding hydrogens is 254 g/mol. The summed E-state index contributed by atoms with van der Waals surface area (Å²) in [7, 11) is 2.04. The predicted octanol–water partition coefficient (Wildman–Crippen LogP) is 3.06. The Morgan fingerprint density at radius 2 is 2.32 bits per heavy atom. The van der Waals surface area contributed by atoms with Crippen molar-refractivity contribution in [1.82, 2.24) is 15.1 Å². The smallest absolute Gasteiger partial charge is 0.0672 e. The van der Waals surface area contributed by atoms with Crippen LogP contribution >= 0.6 is 11.8 Å². The maximum absolute atomic E-state index is 4.59. The van der Waals surface area contributed by atoms with Crippen molar-refractivity contribution in [1.29, 1.82) is 0 Å². The Balaban J connectivity index is 1.62. The summed E-state index contributed by atoms with van der Waals surface area (Å²) in [5.74, 6) is 1.26. The molecule has 0 radical (unpaired) electrons. The molecule has 3 nitrogen and oxygen atoms in total. The second kappa shape index (κ2) is 5.88. The predicted molar refractivity (Wildman–Crippen MR) is 81.6 cm³/mol. The van der Waals surface area contributed by atoms with E-state index in [1.54, 1.807) is 0 Å². The average molecular weight is 279 g/mol. The number of rotatable bonds is 4. The minimum Gasteiger partial charge on any atom is -0.307 e. The monoisotopic (exact) mass is 279 g/mol. The second-order valence-corrected chi connectivity index (χ2v) is 7.48. The van der Waals surface area contributed by atoms with Crippen LogP contribution in [0.25, 0.3) is 0 Å². The molecule has 0 saturated heterocycles. The third-order valence-electron chi connectivity index (χ3n) is 4.44. The highest BCUT2D eigenvalue weighted by Gasteiger charge is 2.29. The van der Waals surface area contributed by atoms with E-state index >= 15 is 0 Å². The van der Waals surface area contributed by atoms with Crippen molar-refractivity contribution in [3.05, 3.63) is 17.5 Å². The van der Waals surface area contributed by atoms with Gasteiger partial charge in [0.1, 0.15) is 0 Å². The van der Waals surface area contributed by atoms with E-state index in [0.717, 1.165) is 17.7 Å². The van der Waals surface area contributed by atoms with Crippen LogP contribution in [-0.2, 0) is 13.5 Å². The lowest BCUT2D eigenvalue weighted by atomic mass is 9.92. The van der Waals surface area contributed by atoms with Crippen molar-refractivity contribution < 1.29 is 0 Å². The largest absolute Gasteiger partial charge is 0.307 e. The normalized spacial score (nSPS) is 30.5. The molecule has 1 aromatic rings. The molecule has 1 N–H and O–H groups in total. The molecule has 0 aromatic carbocycles. The van der Waals surface area contributed by atoms with E-state index in [1.165, 1.54) is 49.1 Å². The fourth-order valence-corrected chi connectivity index (χ4v) is 4.75. The van der Waals surface area contributed by atoms with Gasteiger partial charge in [-0.2, -0.15) is 16.9 Å². The number of nitrogens with one attached hydrogen (secondary N) is 1. The fraction of sp³-hybridized carbons (Fsp3) is 0.800. The Kier molecular flexibility index (Phi) is 4.18. The van der Waals surface area contributed by atoms with E-state index in [1.807, 2.05) is 11.7 Å². The van der Waals surface area contributed by atoms with E-state index < -0.39 is 0 Å². The van der Waals surface area contributed by atoms with Crippen LogP contribution in [0.2, 0.25) is 0 Å². The molecule has 2 aliphatic rings. The highest BCUT2D eigenvalue weighted by atomic mass is 32.2. The quantitative estimate of drug-likeness (QED) is 0.918. The molecule has 1 aromatic heterocycles. The Hall–Kier alpha value is -0.480. The molecule has 0 bridgehead atoms. The highest BCUT2D eigenvalue weighted by molar-refractivity contribution is 7.99. The summed E-state index contributed by atoms with van der Waals surface area (Å²) < 4.78 is 1.98. The van der Waals surface area contributed by atoms with Gasteiger partial charge in [0.15, 0.2) is 0 Å². The molecule has 2 aliphatic carbocycles. The molecule has 106 valence electrons. The van der Waals surface area contributed by atoms with Crippen molar-refractivity contribution in [3.8, 4) is 0 Å². The van der Waals surface area contributed by atoms with Gasteiger partial charge in [-0.25, -0.2) is 0 Å². The van der Waals surface area contributed by atoms with E-state index in [4.69, 9.17) is 0 Å². The molecule has 0 aliphatic heterocycles. The zero-order valence-electron chi connectivity index (χ0n) is 12.1. The molecule has 3 atom stereocenters. The van der Waals surface area contributed by atoms with Gasteiger partial charge in [0.05, 0.1) is 5.69 Å². The van der Waals surface area contributed by atoms with Gasteiger partial charge in [-0.1, -0.05) is 6.92 Å². The maximum atomic E-state index is 4.59. The van der Waals surface area contributed by atoms with E-state index in [2.05, 4.69) is 35.3 Å². The minimum absolute atomic E-state index is 0.549. The van der Waals surface area contributed by atoms with Crippen LogP contribution in [0.1, 0.15) is 56.3 Å². The van der Waals surface area contributed by atoms with Gasteiger partial charge in [0.25, 0.3) is 0 Å². The molecule has 3 rings (SSSR count). The number of nitrogens with zero attached hydrogens (tertiary/aromatic N) is 2. The lowest BCUT2D eigenvalue weighted by Gasteiger charge is -2.26. The Labute approximate surface area is 120 Å². The van der Waals surface area contributed by atoms with Crippen LogP contribution in [0.15, 0.2) is 6.20 Å². The molecule has 1 fully saturated rings. The molecule has 1 heterocycles. The number of hydrogen-bond acceptors (Lipinski definition) is 3. The standard InChI is InChI=1S/C15H25N3S/c1-3-19-12-8-7-11(9-12)16-14-5-4-6-15-13(14)10-18(2)17-15/h10-12,14,16H,3-9H2,1-2H3/t11-,12-,14+/m1/s1. The summed E-state index contributed by atoms with van der Waals surface area (Å²) in [6.45, 7) is 2.27. The Morgan fingerprint density at radius 1 is 1.42 bits per heavy atom. The fourth-order valence-electron chi connectivity index (χ4n) is 3.60. The van der Waals surface area contributed by atoms with Gasteiger partial charge in [0, 0.05) is 36.1 Å². The summed E-state index contributed by atoms with van der Waals surface area (Å²) in [4.78, 5) is 0. The average Bonchev–Trinajstić information content (AvgIpc) is 2.96. The summed E-state index contributed by atoms with van der Waals surface area (Å²) in [6.07, 6.45) is 10.0. The third-order valence-corrected chi connectivity index (χ3v) is 5.68. The Morgan fingerprint density at radius 3 is 3.16 bits per heavy atom. The summed E-state index contributed by atoms with van der Waals surface area (Å²) in [5.41, 5.74) is 2.78. The lowest BCUT2D eigenvalue weighted by Crippen LogP contribution is -2.33. The number of thioether (sulfide) groups is 1. The molecule has 0 spiro atoms. The van der Waals surface area contributed by atoms with E-state index in [-0.39, 0.29) is 0 Å². The van der Waals surface area contributed by atoms with Gasteiger partial charge in [-0.05, 0) is 44.3 Å². The summed E-state index contributed by atoms with van der Waals surface area (Å²) in [5, 5.41) is 9.39. The van der Waals surface area contributed by atoms with Crippen LogP contribution in [0, 0.1) is 0 Å². The van der Waals surface area contributed by atoms with Crippen LogP contribution in [0.5, 0.6) is 0 Å². The van der Waals surface area contributed by atoms with E-state index in [0.29, 0.717) is 6.04 Å². The maximum Gasteiger partial charge on any atom is 0.0672 e. The van der Waals surface area contributed by atoms with Gasteiger partial charge in [-0.15, -0.1) is 0 Å². The molecule has 4 heteroatoms. The summed E-state index contributed by atoms with van der Waals surface area (Å²) in [6, 6.07) is 1.27. The third kappa shape index (κ3) is 3.00. The zero-order valence-corrected chi connectivity index (χ0v) is 12.9. The van der Waals surface area contributed by atoms with Gasteiger partial charge in [-0.3, -0.25) is 4.68 Å². The van der Waals surface area contributed by atoms with Crippen molar-refractivity contribution in [3.63, 3.8) is 0 Å². The molecule has 19 heavy (non-hydrogen) atoms. The SMILES string of the molecule is CCS[C@@H]1CC[C@@H](N[C@H]2CCCc3nn(C)cc32)C1. The van der Waals surface area contributed by atoms with Crippen LogP contribution in [-0.4, -0.2) is 26.8 Å². The summed E-state index contributed by atoms with van der Waals surface area (Å²) >= 11 is 2.14. The van der Waals surface area contributed by atoms with E-state index in [9.17, 15) is 0 Å². The van der Waals surface area contributed by atoms with Crippen molar-refractivity contribution in [2.75, 3.05) is 5.75 Å². The number of hydrogen-bond donors (Lipinski definition) is 1. The number of aryl methyl sites for hydroxylation is 2. The minimum atomic E-state index is 0.549. The highest BCUT2D eigenvalue weighted by Crippen LogP contribution is 2.34. The molecule has 1 saturated carbocycles. The number of fused-ring (bicyclic) bond motifs is 1. The van der Waals surface area contributed by atoms with Gasteiger partial charge in [0.2, 0.25) is 0 Å².